The molecule has 0 aliphatic heterocycles. The fourth-order valence-corrected chi connectivity index (χ4v) is 2.63. The van der Waals surface area contributed by atoms with E-state index in [0.29, 0.717) is 11.1 Å². The van der Waals surface area contributed by atoms with Gasteiger partial charge in [0, 0.05) is 22.9 Å². The Hall–Kier alpha value is -0.930. The highest BCUT2D eigenvalue weighted by molar-refractivity contribution is 7.09. The van der Waals surface area contributed by atoms with Gasteiger partial charge in [-0.2, -0.15) is 0 Å². The molecule has 2 aromatic heterocycles. The van der Waals surface area contributed by atoms with Crippen molar-refractivity contribution >= 4 is 22.9 Å². The van der Waals surface area contributed by atoms with E-state index in [1.165, 1.54) is 17.7 Å². The lowest BCUT2D eigenvalue weighted by molar-refractivity contribution is 0.906. The molecular weight excluding hydrogens is 240 g/mol. The van der Waals surface area contributed by atoms with Gasteiger partial charge in [-0.15, -0.1) is 11.3 Å². The fraction of sp³-hybridized carbons (Fsp3) is 0.333. The van der Waals surface area contributed by atoms with Crippen molar-refractivity contribution < 1.29 is 0 Å². The van der Waals surface area contributed by atoms with Gasteiger partial charge in [-0.25, -0.2) is 9.97 Å². The summed E-state index contributed by atoms with van der Waals surface area (Å²) in [5.41, 5.74) is 1.12. The zero-order valence-corrected chi connectivity index (χ0v) is 10.3. The summed E-state index contributed by atoms with van der Waals surface area (Å²) < 4.78 is 0. The molecule has 2 aromatic rings. The van der Waals surface area contributed by atoms with Crippen LogP contribution >= 0.6 is 22.9 Å². The van der Waals surface area contributed by atoms with Crippen LogP contribution in [0.2, 0.25) is 5.15 Å². The molecule has 0 atom stereocenters. The quantitative estimate of drug-likeness (QED) is 0.777. The van der Waals surface area contributed by atoms with Crippen LogP contribution in [0.15, 0.2) is 23.6 Å². The lowest BCUT2D eigenvalue weighted by atomic mass is 10.2. The molecule has 82 valence electrons. The van der Waals surface area contributed by atoms with Crippen LogP contribution in [0.25, 0.3) is 0 Å². The second-order valence-electron chi connectivity index (χ2n) is 4.06. The van der Waals surface area contributed by atoms with Gasteiger partial charge in [0.1, 0.15) is 11.0 Å². The Bertz CT molecular complexity index is 492. The Kier molecular flexibility index (Phi) is 2.65. The van der Waals surface area contributed by atoms with Crippen LogP contribution in [-0.4, -0.2) is 9.97 Å². The Morgan fingerprint density at radius 1 is 1.38 bits per heavy atom. The van der Waals surface area contributed by atoms with Crippen molar-refractivity contribution in [3.63, 3.8) is 0 Å². The maximum atomic E-state index is 6.01. The molecule has 1 aliphatic carbocycles. The average Bonchev–Trinajstić information content (AvgIpc) is 2.98. The minimum Gasteiger partial charge on any atom is -0.237 e. The Morgan fingerprint density at radius 3 is 2.94 bits per heavy atom. The summed E-state index contributed by atoms with van der Waals surface area (Å²) in [4.78, 5) is 10.1. The van der Waals surface area contributed by atoms with Crippen LogP contribution in [0.4, 0.5) is 0 Å². The molecule has 4 heteroatoms. The van der Waals surface area contributed by atoms with Gasteiger partial charge in [0.15, 0.2) is 0 Å². The number of aromatic nitrogens is 2. The Labute approximate surface area is 103 Å². The number of rotatable bonds is 3. The van der Waals surface area contributed by atoms with Crippen LogP contribution in [0.5, 0.6) is 0 Å². The molecule has 1 fully saturated rings. The van der Waals surface area contributed by atoms with Crippen molar-refractivity contribution in [2.75, 3.05) is 0 Å². The molecule has 0 spiro atoms. The van der Waals surface area contributed by atoms with E-state index in [0.717, 1.165) is 17.9 Å². The molecular formula is C12H11ClN2S. The van der Waals surface area contributed by atoms with E-state index in [1.807, 2.05) is 12.1 Å². The molecule has 0 aromatic carbocycles. The van der Waals surface area contributed by atoms with Crippen molar-refractivity contribution in [3.05, 3.63) is 45.1 Å². The molecule has 2 nitrogen and oxygen atoms in total. The third kappa shape index (κ3) is 2.25. The Balaban J connectivity index is 1.88. The zero-order chi connectivity index (χ0) is 11.0. The van der Waals surface area contributed by atoms with E-state index in [4.69, 9.17) is 11.6 Å². The van der Waals surface area contributed by atoms with Crippen LogP contribution in [0, 0.1) is 0 Å². The average molecular weight is 251 g/mol. The molecule has 16 heavy (non-hydrogen) atoms. The SMILES string of the molecule is Clc1cc(C2CC2)nc(Cc2cccs2)n1. The maximum Gasteiger partial charge on any atom is 0.135 e. The van der Waals surface area contributed by atoms with E-state index in [9.17, 15) is 0 Å². The third-order valence-corrected chi connectivity index (χ3v) is 3.74. The number of nitrogens with zero attached hydrogens (tertiary/aromatic N) is 2. The molecule has 3 rings (SSSR count). The second-order valence-corrected chi connectivity index (χ2v) is 5.48. The number of hydrogen-bond donors (Lipinski definition) is 0. The number of halogens is 1. The summed E-state index contributed by atoms with van der Waals surface area (Å²) in [5.74, 6) is 1.47. The van der Waals surface area contributed by atoms with Gasteiger partial charge in [-0.1, -0.05) is 17.7 Å². The van der Waals surface area contributed by atoms with Crippen molar-refractivity contribution in [1.29, 1.82) is 0 Å². The van der Waals surface area contributed by atoms with Crippen LogP contribution in [0.1, 0.15) is 35.2 Å². The summed E-state index contributed by atoms with van der Waals surface area (Å²) in [7, 11) is 0. The van der Waals surface area contributed by atoms with Crippen molar-refractivity contribution in [2.24, 2.45) is 0 Å². The maximum absolute atomic E-state index is 6.01. The van der Waals surface area contributed by atoms with Gasteiger partial charge in [0.25, 0.3) is 0 Å². The highest BCUT2D eigenvalue weighted by atomic mass is 35.5. The van der Waals surface area contributed by atoms with Crippen molar-refractivity contribution in [1.82, 2.24) is 9.97 Å². The van der Waals surface area contributed by atoms with E-state index in [1.54, 1.807) is 11.3 Å². The lowest BCUT2D eigenvalue weighted by Crippen LogP contribution is -1.99. The van der Waals surface area contributed by atoms with Gasteiger partial charge in [-0.05, 0) is 30.4 Å². The van der Waals surface area contributed by atoms with Gasteiger partial charge in [0.2, 0.25) is 0 Å². The number of hydrogen-bond acceptors (Lipinski definition) is 3. The van der Waals surface area contributed by atoms with E-state index < -0.39 is 0 Å². The lowest BCUT2D eigenvalue weighted by Gasteiger charge is -2.02. The standard InChI is InChI=1S/C12H11ClN2S/c13-11-7-10(8-3-4-8)14-12(15-11)6-9-2-1-5-16-9/h1-2,5,7-8H,3-4,6H2. The van der Waals surface area contributed by atoms with E-state index in [2.05, 4.69) is 21.4 Å². The minimum atomic E-state index is 0.573. The molecule has 0 bridgehead atoms. The second kappa shape index (κ2) is 4.15. The van der Waals surface area contributed by atoms with Crippen LogP contribution in [0.3, 0.4) is 0 Å². The molecule has 0 amide bonds. The highest BCUT2D eigenvalue weighted by Gasteiger charge is 2.25. The summed E-state index contributed by atoms with van der Waals surface area (Å²) in [5, 5.41) is 2.64. The van der Waals surface area contributed by atoms with Gasteiger partial charge in [0.05, 0.1) is 0 Å². The molecule has 0 N–H and O–H groups in total. The van der Waals surface area contributed by atoms with Gasteiger partial charge in [-0.3, -0.25) is 0 Å². The highest BCUT2D eigenvalue weighted by Crippen LogP contribution is 2.39. The molecule has 1 aliphatic rings. The first-order chi connectivity index (χ1) is 7.81. The predicted octanol–water partition coefficient (Wildman–Crippen LogP) is 3.66. The predicted molar refractivity (Wildman–Crippen MR) is 66.1 cm³/mol. The van der Waals surface area contributed by atoms with Gasteiger partial charge < -0.3 is 0 Å². The molecule has 0 unspecified atom stereocenters. The third-order valence-electron chi connectivity index (χ3n) is 2.67. The minimum absolute atomic E-state index is 0.573. The fourth-order valence-electron chi connectivity index (χ4n) is 1.72. The van der Waals surface area contributed by atoms with E-state index in [-0.39, 0.29) is 0 Å². The summed E-state index contributed by atoms with van der Waals surface area (Å²) >= 11 is 7.74. The van der Waals surface area contributed by atoms with E-state index >= 15 is 0 Å². The summed E-state index contributed by atoms with van der Waals surface area (Å²) in [6, 6.07) is 6.05. The largest absolute Gasteiger partial charge is 0.237 e. The first-order valence-electron chi connectivity index (χ1n) is 5.37. The zero-order valence-electron chi connectivity index (χ0n) is 8.69. The van der Waals surface area contributed by atoms with Crippen molar-refractivity contribution in [2.45, 2.75) is 25.2 Å². The summed E-state index contributed by atoms with van der Waals surface area (Å²) in [6.07, 6.45) is 3.27. The van der Waals surface area contributed by atoms with Crippen LogP contribution in [-0.2, 0) is 6.42 Å². The van der Waals surface area contributed by atoms with Gasteiger partial charge >= 0.3 is 0 Å². The summed E-state index contributed by atoms with van der Waals surface area (Å²) in [6.45, 7) is 0. The number of thiophene rings is 1. The smallest absolute Gasteiger partial charge is 0.135 e. The first kappa shape index (κ1) is 10.2. The molecule has 2 heterocycles. The molecule has 0 saturated heterocycles. The monoisotopic (exact) mass is 250 g/mol. The molecule has 0 radical (unpaired) electrons. The Morgan fingerprint density at radius 2 is 2.25 bits per heavy atom. The molecule has 1 saturated carbocycles. The topological polar surface area (TPSA) is 25.8 Å². The first-order valence-corrected chi connectivity index (χ1v) is 6.63. The van der Waals surface area contributed by atoms with Crippen LogP contribution < -0.4 is 0 Å². The normalized spacial score (nSPS) is 15.3. The van der Waals surface area contributed by atoms with Crippen molar-refractivity contribution in [3.8, 4) is 0 Å².